The summed E-state index contributed by atoms with van der Waals surface area (Å²) in [5.41, 5.74) is 12.6. The van der Waals surface area contributed by atoms with Crippen molar-refractivity contribution in [3.63, 3.8) is 0 Å². The number of hydrogen-bond donors (Lipinski definition) is 0. The fourth-order valence-electron chi connectivity index (χ4n) is 8.30. The Labute approximate surface area is 298 Å². The van der Waals surface area contributed by atoms with Gasteiger partial charge in [-0.1, -0.05) is 166 Å². The summed E-state index contributed by atoms with van der Waals surface area (Å²) in [6.07, 6.45) is 0. The molecule has 0 saturated heterocycles. The molecule has 0 unspecified atom stereocenters. The Balaban J connectivity index is 1.02. The van der Waals surface area contributed by atoms with Crippen LogP contribution in [0.2, 0.25) is 0 Å². The summed E-state index contributed by atoms with van der Waals surface area (Å²) in [5, 5.41) is 10.4. The van der Waals surface area contributed by atoms with E-state index < -0.39 is 0 Å². The lowest BCUT2D eigenvalue weighted by Crippen LogP contribution is -2.10. The number of rotatable bonds is 4. The Kier molecular flexibility index (Phi) is 6.51. The Bertz CT molecular complexity index is 2840. The molecule has 0 aliphatic carbocycles. The normalized spacial score (nSPS) is 12.2. The Hall–Kier alpha value is -6.18. The van der Waals surface area contributed by atoms with E-state index in [0.29, 0.717) is 0 Å². The van der Waals surface area contributed by atoms with E-state index in [9.17, 15) is 0 Å². The van der Waals surface area contributed by atoms with E-state index in [0.717, 1.165) is 0 Å². The van der Waals surface area contributed by atoms with Gasteiger partial charge in [-0.05, 0) is 101 Å². The van der Waals surface area contributed by atoms with Crippen LogP contribution in [0.3, 0.4) is 0 Å². The highest BCUT2D eigenvalue weighted by molar-refractivity contribution is 6.27. The molecular weight excluding hydrogens is 615 g/mol. The summed E-state index contributed by atoms with van der Waals surface area (Å²) in [4.78, 5) is 0. The first kappa shape index (κ1) is 29.7. The second-order valence-corrected chi connectivity index (χ2v) is 15.0. The van der Waals surface area contributed by atoms with Crippen LogP contribution in [0.1, 0.15) is 26.3 Å². The minimum absolute atomic E-state index is 0.134. The van der Waals surface area contributed by atoms with Crippen molar-refractivity contribution in [2.24, 2.45) is 0 Å². The van der Waals surface area contributed by atoms with Crippen molar-refractivity contribution in [2.45, 2.75) is 26.2 Å². The molecule has 0 aliphatic heterocycles. The molecule has 10 aromatic rings. The highest BCUT2D eigenvalue weighted by atomic mass is 15.0. The van der Waals surface area contributed by atoms with Crippen LogP contribution in [0, 0.1) is 0 Å². The largest absolute Gasteiger partial charge is 0.309 e. The molecule has 0 saturated carbocycles. The molecule has 0 spiro atoms. The molecule has 242 valence electrons. The van der Waals surface area contributed by atoms with Crippen LogP contribution in [0.4, 0.5) is 0 Å². The van der Waals surface area contributed by atoms with Crippen molar-refractivity contribution < 1.29 is 0 Å². The van der Waals surface area contributed by atoms with Crippen molar-refractivity contribution in [2.75, 3.05) is 0 Å². The van der Waals surface area contributed by atoms with Crippen LogP contribution < -0.4 is 0 Å². The van der Waals surface area contributed by atoms with Crippen molar-refractivity contribution in [3.05, 3.63) is 175 Å². The molecule has 9 aromatic carbocycles. The summed E-state index contributed by atoms with van der Waals surface area (Å²) >= 11 is 0. The minimum Gasteiger partial charge on any atom is -0.309 e. The van der Waals surface area contributed by atoms with Gasteiger partial charge in [-0.15, -0.1) is 0 Å². The molecule has 10 rings (SSSR count). The molecule has 0 bridgehead atoms. The first-order chi connectivity index (χ1) is 24.9. The molecule has 0 atom stereocenters. The van der Waals surface area contributed by atoms with Crippen LogP contribution >= 0.6 is 0 Å². The van der Waals surface area contributed by atoms with Gasteiger partial charge in [-0.3, -0.25) is 0 Å². The van der Waals surface area contributed by atoms with Crippen LogP contribution in [0.5, 0.6) is 0 Å². The number of hydrogen-bond acceptors (Lipinski definition) is 0. The topological polar surface area (TPSA) is 4.93 Å². The van der Waals surface area contributed by atoms with E-state index >= 15 is 0 Å². The predicted molar refractivity (Wildman–Crippen MR) is 219 cm³/mol. The van der Waals surface area contributed by atoms with Crippen LogP contribution in [0.15, 0.2) is 170 Å². The monoisotopic (exact) mass is 651 g/mol. The van der Waals surface area contributed by atoms with E-state index in [1.807, 2.05) is 0 Å². The lowest BCUT2D eigenvalue weighted by Gasteiger charge is -2.20. The van der Waals surface area contributed by atoms with Gasteiger partial charge >= 0.3 is 0 Å². The fraction of sp³-hybridized carbons (Fsp3) is 0.0800. The second-order valence-electron chi connectivity index (χ2n) is 15.0. The molecule has 0 radical (unpaired) electrons. The molecule has 0 N–H and O–H groups in total. The van der Waals surface area contributed by atoms with Gasteiger partial charge in [0, 0.05) is 16.5 Å². The molecule has 1 heteroatoms. The first-order valence-corrected chi connectivity index (χ1v) is 17.9. The van der Waals surface area contributed by atoms with Gasteiger partial charge in [-0.2, -0.15) is 0 Å². The molecule has 1 nitrogen and oxygen atoms in total. The van der Waals surface area contributed by atoms with E-state index in [2.05, 4.69) is 195 Å². The third-order valence-corrected chi connectivity index (χ3v) is 11.0. The summed E-state index contributed by atoms with van der Waals surface area (Å²) in [6.45, 7) is 6.82. The van der Waals surface area contributed by atoms with Crippen LogP contribution in [-0.4, -0.2) is 4.57 Å². The highest BCUT2D eigenvalue weighted by Crippen LogP contribution is 2.43. The van der Waals surface area contributed by atoms with Gasteiger partial charge < -0.3 is 4.57 Å². The number of benzene rings is 9. The molecule has 1 aromatic heterocycles. The van der Waals surface area contributed by atoms with Crippen molar-refractivity contribution >= 4 is 54.1 Å². The van der Waals surface area contributed by atoms with E-state index in [-0.39, 0.29) is 5.41 Å². The summed E-state index contributed by atoms with van der Waals surface area (Å²) in [6, 6.07) is 63.0. The maximum absolute atomic E-state index is 2.37. The number of fused-ring (bicyclic) bond motifs is 3. The number of aromatic nitrogens is 1. The molecule has 51 heavy (non-hydrogen) atoms. The maximum atomic E-state index is 2.37. The average Bonchev–Trinajstić information content (AvgIpc) is 3.51. The molecule has 0 amide bonds. The van der Waals surface area contributed by atoms with E-state index in [4.69, 9.17) is 0 Å². The predicted octanol–water partition coefficient (Wildman–Crippen LogP) is 14.0. The zero-order valence-corrected chi connectivity index (χ0v) is 29.1. The first-order valence-electron chi connectivity index (χ1n) is 17.9. The number of para-hydroxylation sites is 2. The van der Waals surface area contributed by atoms with Gasteiger partial charge in [0.25, 0.3) is 0 Å². The van der Waals surface area contributed by atoms with E-state index in [1.165, 1.54) is 98.8 Å². The summed E-state index contributed by atoms with van der Waals surface area (Å²) in [5.74, 6) is 0. The van der Waals surface area contributed by atoms with Crippen LogP contribution in [0.25, 0.3) is 93.2 Å². The molecular formula is C50H37N. The van der Waals surface area contributed by atoms with Gasteiger partial charge in [-0.25, -0.2) is 0 Å². The second kappa shape index (κ2) is 11.2. The van der Waals surface area contributed by atoms with Crippen LogP contribution in [-0.2, 0) is 5.41 Å². The Morgan fingerprint density at radius 3 is 1.25 bits per heavy atom. The smallest absolute Gasteiger partial charge is 0.0541 e. The van der Waals surface area contributed by atoms with Crippen molar-refractivity contribution in [3.8, 4) is 39.1 Å². The third kappa shape index (κ3) is 4.69. The fourth-order valence-corrected chi connectivity index (χ4v) is 8.30. The maximum Gasteiger partial charge on any atom is 0.0541 e. The van der Waals surface area contributed by atoms with Crippen molar-refractivity contribution in [1.82, 2.24) is 4.57 Å². The van der Waals surface area contributed by atoms with Gasteiger partial charge in [0.2, 0.25) is 0 Å². The zero-order chi connectivity index (χ0) is 34.3. The summed E-state index contributed by atoms with van der Waals surface area (Å²) < 4.78 is 2.37. The van der Waals surface area contributed by atoms with Gasteiger partial charge in [0.1, 0.15) is 0 Å². The average molecular weight is 652 g/mol. The highest BCUT2D eigenvalue weighted by Gasteiger charge is 2.17. The van der Waals surface area contributed by atoms with Gasteiger partial charge in [0.05, 0.1) is 11.0 Å². The third-order valence-electron chi connectivity index (χ3n) is 11.0. The lowest BCUT2D eigenvalue weighted by atomic mass is 9.85. The number of nitrogens with zero attached hydrogens (tertiary/aromatic N) is 1. The lowest BCUT2D eigenvalue weighted by molar-refractivity contribution is 0.590. The quantitative estimate of drug-likeness (QED) is 0.167. The Morgan fingerprint density at radius 1 is 0.353 bits per heavy atom. The molecule has 0 aliphatic rings. The minimum atomic E-state index is 0.134. The van der Waals surface area contributed by atoms with E-state index in [1.54, 1.807) is 0 Å². The zero-order valence-electron chi connectivity index (χ0n) is 29.1. The summed E-state index contributed by atoms with van der Waals surface area (Å²) in [7, 11) is 0. The van der Waals surface area contributed by atoms with Crippen molar-refractivity contribution in [1.29, 1.82) is 0 Å². The molecule has 1 heterocycles. The SMILES string of the molecule is CC(C)(C)c1ccc(-c2ccc3ccc4c(-c5ccc(-c6ccc(-n7c8ccccc8c8ccccc87)cc6)cc5)ccc5ccc2c3c54)cc1. The standard InChI is InChI=1S/C50H37N/c1-50(2,3)38-24-16-35(17-25-38)41-29-21-37-22-30-44-40(28-20-36-23-31-45(41)49(37)48(36)44)34-14-12-32(13-15-34)33-18-26-39(27-19-33)51-46-10-6-4-8-42(46)43-9-5-7-11-47(43)51/h4-31H,1-3H3. The van der Waals surface area contributed by atoms with Gasteiger partial charge in [0.15, 0.2) is 0 Å². The Morgan fingerprint density at radius 2 is 0.765 bits per heavy atom. The molecule has 0 fully saturated rings.